The highest BCUT2D eigenvalue weighted by molar-refractivity contribution is 5.84. The minimum Gasteiger partial charge on any atom is -0.508 e. The van der Waals surface area contributed by atoms with Gasteiger partial charge in [-0.05, 0) is 35.9 Å². The molecule has 0 unspecified atom stereocenters. The summed E-state index contributed by atoms with van der Waals surface area (Å²) in [5, 5.41) is 60.4. The Kier molecular flexibility index (Phi) is 5.20. The second kappa shape index (κ2) is 7.66. The second-order valence-electron chi connectivity index (χ2n) is 7.22. The maximum absolute atomic E-state index is 10.4. The van der Waals surface area contributed by atoms with Crippen molar-refractivity contribution in [3.05, 3.63) is 59.4 Å². The number of benzene rings is 2. The average molecular weight is 402 g/mol. The van der Waals surface area contributed by atoms with Crippen LogP contribution < -0.4 is 0 Å². The summed E-state index contributed by atoms with van der Waals surface area (Å²) in [6.07, 6.45) is -6.46. The zero-order valence-electron chi connectivity index (χ0n) is 15.3. The number of phenols is 2. The van der Waals surface area contributed by atoms with Gasteiger partial charge in [0.15, 0.2) is 0 Å². The maximum atomic E-state index is 10.4. The van der Waals surface area contributed by atoms with Crippen molar-refractivity contribution in [2.45, 2.75) is 36.9 Å². The third kappa shape index (κ3) is 3.57. The lowest BCUT2D eigenvalue weighted by molar-refractivity contribution is -0.231. The number of aliphatic hydroxyl groups is 4. The fraction of sp³-hybridized carbons (Fsp3) is 0.333. The fourth-order valence-electron chi connectivity index (χ4n) is 3.68. The summed E-state index contributed by atoms with van der Waals surface area (Å²) in [5.74, 6) is 0.544. The number of furan rings is 1. The van der Waals surface area contributed by atoms with E-state index in [4.69, 9.17) is 9.15 Å². The number of ether oxygens (including phenoxy) is 1. The van der Waals surface area contributed by atoms with E-state index in [1.54, 1.807) is 36.4 Å². The Morgan fingerprint density at radius 2 is 1.59 bits per heavy atom. The number of hydrogen-bond acceptors (Lipinski definition) is 8. The molecule has 1 aliphatic heterocycles. The van der Waals surface area contributed by atoms with Crippen LogP contribution in [0.15, 0.2) is 46.9 Å². The SMILES string of the molecule is OC[C@@H]1O[C@H](c2c(O)ccc3cc(Cc4ccc(O)cc4)oc23)[C@@H](O)[C@H](O)[C@H]1O. The smallest absolute Gasteiger partial charge is 0.143 e. The van der Waals surface area contributed by atoms with Gasteiger partial charge in [-0.2, -0.15) is 0 Å². The third-order valence-corrected chi connectivity index (χ3v) is 5.24. The molecule has 5 atom stereocenters. The normalized spacial score (nSPS) is 27.4. The molecule has 29 heavy (non-hydrogen) atoms. The molecule has 8 nitrogen and oxygen atoms in total. The van der Waals surface area contributed by atoms with Crippen LogP contribution in [0, 0.1) is 0 Å². The van der Waals surface area contributed by atoms with Crippen molar-refractivity contribution in [1.82, 2.24) is 0 Å². The number of rotatable bonds is 4. The van der Waals surface area contributed by atoms with Crippen molar-refractivity contribution in [1.29, 1.82) is 0 Å². The number of aliphatic hydroxyl groups excluding tert-OH is 4. The molecule has 0 bridgehead atoms. The molecule has 4 rings (SSSR count). The molecule has 0 spiro atoms. The number of aromatic hydroxyl groups is 2. The van der Waals surface area contributed by atoms with Crippen LogP contribution in [0.4, 0.5) is 0 Å². The van der Waals surface area contributed by atoms with Crippen LogP contribution in [0.3, 0.4) is 0 Å². The van der Waals surface area contributed by atoms with E-state index in [0.717, 1.165) is 5.56 Å². The highest BCUT2D eigenvalue weighted by Crippen LogP contribution is 2.41. The third-order valence-electron chi connectivity index (χ3n) is 5.24. The molecule has 1 aliphatic rings. The van der Waals surface area contributed by atoms with Crippen molar-refractivity contribution in [3.63, 3.8) is 0 Å². The Morgan fingerprint density at radius 1 is 0.862 bits per heavy atom. The first-order valence-electron chi connectivity index (χ1n) is 9.21. The van der Waals surface area contributed by atoms with E-state index in [0.29, 0.717) is 17.6 Å². The maximum Gasteiger partial charge on any atom is 0.143 e. The lowest BCUT2D eigenvalue weighted by Crippen LogP contribution is -2.55. The van der Waals surface area contributed by atoms with Crippen LogP contribution in [0.5, 0.6) is 11.5 Å². The zero-order chi connectivity index (χ0) is 20.7. The van der Waals surface area contributed by atoms with Crippen LogP contribution in [-0.2, 0) is 11.2 Å². The Balaban J connectivity index is 1.73. The van der Waals surface area contributed by atoms with E-state index in [2.05, 4.69) is 0 Å². The van der Waals surface area contributed by atoms with Gasteiger partial charge in [0.2, 0.25) is 0 Å². The van der Waals surface area contributed by atoms with Gasteiger partial charge in [0.05, 0.1) is 12.2 Å². The molecule has 1 aromatic heterocycles. The highest BCUT2D eigenvalue weighted by Gasteiger charge is 2.45. The van der Waals surface area contributed by atoms with Gasteiger partial charge in [-0.25, -0.2) is 0 Å². The lowest BCUT2D eigenvalue weighted by Gasteiger charge is -2.40. The molecule has 3 aromatic rings. The van der Waals surface area contributed by atoms with Gasteiger partial charge in [0.25, 0.3) is 0 Å². The second-order valence-corrected chi connectivity index (χ2v) is 7.22. The van der Waals surface area contributed by atoms with Crippen LogP contribution in [0.25, 0.3) is 11.0 Å². The average Bonchev–Trinajstić information content (AvgIpc) is 3.11. The molecule has 154 valence electrons. The molecule has 8 heteroatoms. The first-order chi connectivity index (χ1) is 13.9. The number of fused-ring (bicyclic) bond motifs is 1. The van der Waals surface area contributed by atoms with Crippen molar-refractivity contribution in [2.24, 2.45) is 0 Å². The first kappa shape index (κ1) is 19.7. The minimum atomic E-state index is -1.56. The largest absolute Gasteiger partial charge is 0.508 e. The first-order valence-corrected chi connectivity index (χ1v) is 9.21. The van der Waals surface area contributed by atoms with Gasteiger partial charge in [-0.3, -0.25) is 0 Å². The molecule has 0 radical (unpaired) electrons. The standard InChI is InChI=1S/C21H22O8/c22-9-15-17(25)18(26)19(27)21(29-15)16-14(24)6-3-11-8-13(28-20(11)16)7-10-1-4-12(23)5-2-10/h1-6,8,15,17-19,21-27H,7,9H2/t15-,17-,18+,19-,21+/m0/s1. The number of phenolic OH excluding ortho intramolecular Hbond substituents is 2. The molecule has 0 amide bonds. The van der Waals surface area contributed by atoms with Crippen molar-refractivity contribution in [3.8, 4) is 11.5 Å². The van der Waals surface area contributed by atoms with Gasteiger partial charge in [-0.1, -0.05) is 12.1 Å². The summed E-state index contributed by atoms with van der Waals surface area (Å²) < 4.78 is 11.5. The molecule has 0 aliphatic carbocycles. The van der Waals surface area contributed by atoms with E-state index in [-0.39, 0.29) is 22.6 Å². The molecule has 2 heterocycles. The van der Waals surface area contributed by atoms with Gasteiger partial charge in [0, 0.05) is 11.8 Å². The molecule has 6 N–H and O–H groups in total. The summed E-state index contributed by atoms with van der Waals surface area (Å²) >= 11 is 0. The minimum absolute atomic E-state index is 0.136. The molecule has 1 fully saturated rings. The van der Waals surface area contributed by atoms with Crippen LogP contribution >= 0.6 is 0 Å². The van der Waals surface area contributed by atoms with E-state index in [9.17, 15) is 30.6 Å². The molecule has 0 saturated carbocycles. The Hall–Kier alpha value is -2.62. The van der Waals surface area contributed by atoms with Gasteiger partial charge in [-0.15, -0.1) is 0 Å². The highest BCUT2D eigenvalue weighted by atomic mass is 16.5. The summed E-state index contributed by atoms with van der Waals surface area (Å²) in [5.41, 5.74) is 1.32. The fourth-order valence-corrected chi connectivity index (χ4v) is 3.68. The quantitative estimate of drug-likeness (QED) is 0.379. The van der Waals surface area contributed by atoms with Gasteiger partial charge >= 0.3 is 0 Å². The summed E-state index contributed by atoms with van der Waals surface area (Å²) in [6.45, 7) is -0.567. The van der Waals surface area contributed by atoms with E-state index >= 15 is 0 Å². The van der Waals surface area contributed by atoms with Crippen LogP contribution in [0.1, 0.15) is 23.0 Å². The molecular formula is C21H22O8. The van der Waals surface area contributed by atoms with Crippen LogP contribution in [0.2, 0.25) is 0 Å². The number of hydrogen-bond donors (Lipinski definition) is 6. The summed E-state index contributed by atoms with van der Waals surface area (Å²) in [7, 11) is 0. The predicted molar refractivity (Wildman–Crippen MR) is 102 cm³/mol. The Labute approximate surface area is 165 Å². The van der Waals surface area contributed by atoms with Gasteiger partial charge in [0.1, 0.15) is 53.4 Å². The van der Waals surface area contributed by atoms with E-state index < -0.39 is 37.1 Å². The lowest BCUT2D eigenvalue weighted by atomic mass is 9.90. The molecular weight excluding hydrogens is 380 g/mol. The predicted octanol–water partition coefficient (Wildman–Crippen LogP) is 0.950. The van der Waals surface area contributed by atoms with Crippen LogP contribution in [-0.4, -0.2) is 61.7 Å². The van der Waals surface area contributed by atoms with Crippen molar-refractivity contribution < 1.29 is 39.8 Å². The van der Waals surface area contributed by atoms with Crippen molar-refractivity contribution in [2.75, 3.05) is 6.61 Å². The van der Waals surface area contributed by atoms with E-state index in [1.165, 1.54) is 6.07 Å². The monoisotopic (exact) mass is 402 g/mol. The summed E-state index contributed by atoms with van der Waals surface area (Å²) in [6, 6.07) is 11.5. The Morgan fingerprint density at radius 3 is 2.28 bits per heavy atom. The van der Waals surface area contributed by atoms with Crippen molar-refractivity contribution >= 4 is 11.0 Å². The summed E-state index contributed by atoms with van der Waals surface area (Å²) in [4.78, 5) is 0. The molecule has 2 aromatic carbocycles. The Bertz CT molecular complexity index is 994. The molecule has 1 saturated heterocycles. The van der Waals surface area contributed by atoms with Gasteiger partial charge < -0.3 is 39.8 Å². The topological polar surface area (TPSA) is 144 Å². The van der Waals surface area contributed by atoms with E-state index in [1.807, 2.05) is 0 Å². The zero-order valence-corrected chi connectivity index (χ0v) is 15.3.